The summed E-state index contributed by atoms with van der Waals surface area (Å²) in [4.78, 5) is 2.55. The van der Waals surface area contributed by atoms with Crippen molar-refractivity contribution in [3.05, 3.63) is 0 Å². The summed E-state index contributed by atoms with van der Waals surface area (Å²) < 4.78 is 0. The summed E-state index contributed by atoms with van der Waals surface area (Å²) in [5, 5.41) is 12.8. The zero-order chi connectivity index (χ0) is 15.4. The van der Waals surface area contributed by atoms with Gasteiger partial charge < -0.3 is 4.90 Å². The molecule has 3 nitrogen and oxygen atoms in total. The molecule has 0 saturated carbocycles. The van der Waals surface area contributed by atoms with Crippen LogP contribution in [0.5, 0.6) is 0 Å². The maximum atomic E-state index is 9.43. The molecule has 0 rings (SSSR count). The van der Waals surface area contributed by atoms with Crippen molar-refractivity contribution >= 4 is 0 Å². The monoisotopic (exact) mass is 281 g/mol. The third-order valence-corrected chi connectivity index (χ3v) is 4.16. The van der Waals surface area contributed by atoms with Crippen molar-refractivity contribution < 1.29 is 0 Å². The first-order valence-electron chi connectivity index (χ1n) is 8.45. The summed E-state index contributed by atoms with van der Waals surface area (Å²) in [6, 6.07) is 3.09. The normalized spacial score (nSPS) is 14.5. The molecule has 20 heavy (non-hydrogen) atoms. The predicted molar refractivity (Wildman–Crippen MR) is 87.8 cm³/mol. The Labute approximate surface area is 126 Å². The highest BCUT2D eigenvalue weighted by Gasteiger charge is 2.26. The van der Waals surface area contributed by atoms with Gasteiger partial charge in [-0.2, -0.15) is 5.26 Å². The van der Waals surface area contributed by atoms with Crippen LogP contribution in [0, 0.1) is 11.3 Å². The molecular formula is C17H35N3. The van der Waals surface area contributed by atoms with Gasteiger partial charge in [-0.25, -0.2) is 0 Å². The lowest BCUT2D eigenvalue weighted by Gasteiger charge is -2.30. The Hall–Kier alpha value is -0.590. The number of unbranched alkanes of at least 4 members (excludes halogenated alkanes) is 2. The van der Waals surface area contributed by atoms with E-state index in [1.165, 1.54) is 25.8 Å². The van der Waals surface area contributed by atoms with Crippen LogP contribution in [0.4, 0.5) is 0 Å². The third-order valence-electron chi connectivity index (χ3n) is 4.16. The molecule has 0 aliphatic heterocycles. The summed E-state index contributed by atoms with van der Waals surface area (Å²) in [5.74, 6) is 0. The van der Waals surface area contributed by atoms with Crippen LogP contribution >= 0.6 is 0 Å². The van der Waals surface area contributed by atoms with Crippen LogP contribution in [0.15, 0.2) is 0 Å². The van der Waals surface area contributed by atoms with Gasteiger partial charge in [0.1, 0.15) is 5.54 Å². The lowest BCUT2D eigenvalue weighted by Crippen LogP contribution is -2.44. The van der Waals surface area contributed by atoms with Crippen molar-refractivity contribution in [2.45, 2.75) is 84.7 Å². The first kappa shape index (κ1) is 19.4. The van der Waals surface area contributed by atoms with Crippen molar-refractivity contribution in [1.29, 1.82) is 5.26 Å². The maximum absolute atomic E-state index is 9.43. The van der Waals surface area contributed by atoms with Crippen LogP contribution in [0.25, 0.3) is 0 Å². The predicted octanol–water partition coefficient (Wildman–Crippen LogP) is 3.95. The van der Waals surface area contributed by atoms with Crippen LogP contribution in [-0.4, -0.2) is 36.1 Å². The number of nitrogens with zero attached hydrogens (tertiary/aromatic N) is 2. The van der Waals surface area contributed by atoms with Gasteiger partial charge in [0.15, 0.2) is 0 Å². The Morgan fingerprint density at radius 2 is 1.75 bits per heavy atom. The van der Waals surface area contributed by atoms with Gasteiger partial charge in [-0.05, 0) is 59.2 Å². The molecule has 0 amide bonds. The van der Waals surface area contributed by atoms with Crippen LogP contribution in [0.1, 0.15) is 73.1 Å². The number of nitrogens with one attached hydrogen (secondary N) is 1. The Morgan fingerprint density at radius 1 is 1.10 bits per heavy atom. The summed E-state index contributed by atoms with van der Waals surface area (Å²) in [6.07, 6.45) is 6.81. The minimum atomic E-state index is -0.319. The Morgan fingerprint density at radius 3 is 2.20 bits per heavy atom. The largest absolute Gasteiger partial charge is 0.301 e. The van der Waals surface area contributed by atoms with Crippen LogP contribution in [0.2, 0.25) is 0 Å². The Bertz CT molecular complexity index is 270. The molecule has 0 heterocycles. The van der Waals surface area contributed by atoms with E-state index in [4.69, 9.17) is 0 Å². The number of hydrogen-bond acceptors (Lipinski definition) is 3. The van der Waals surface area contributed by atoms with E-state index in [2.05, 4.69) is 50.9 Å². The lowest BCUT2D eigenvalue weighted by atomic mass is 9.91. The average Bonchev–Trinajstić information content (AvgIpc) is 2.44. The fourth-order valence-electron chi connectivity index (χ4n) is 2.68. The van der Waals surface area contributed by atoms with Gasteiger partial charge in [0.05, 0.1) is 6.07 Å². The Balaban J connectivity index is 4.23. The zero-order valence-corrected chi connectivity index (χ0v) is 14.3. The van der Waals surface area contributed by atoms with Crippen molar-refractivity contribution in [3.8, 4) is 6.07 Å². The molecule has 0 aliphatic carbocycles. The molecule has 0 aliphatic rings. The van der Waals surface area contributed by atoms with Crippen molar-refractivity contribution in [3.63, 3.8) is 0 Å². The van der Waals surface area contributed by atoms with Crippen molar-refractivity contribution in [2.24, 2.45) is 0 Å². The number of rotatable bonds is 12. The topological polar surface area (TPSA) is 39.1 Å². The molecule has 1 unspecified atom stereocenters. The molecule has 3 heteroatoms. The molecule has 0 spiro atoms. The van der Waals surface area contributed by atoms with Gasteiger partial charge in [0.25, 0.3) is 0 Å². The molecule has 0 aromatic carbocycles. The summed E-state index contributed by atoms with van der Waals surface area (Å²) in [6.45, 7) is 14.1. The first-order chi connectivity index (χ1) is 9.55. The molecular weight excluding hydrogens is 246 g/mol. The van der Waals surface area contributed by atoms with E-state index in [0.717, 1.165) is 32.4 Å². The second-order valence-electron chi connectivity index (χ2n) is 6.02. The average molecular weight is 281 g/mol. The first-order valence-corrected chi connectivity index (χ1v) is 8.45. The highest BCUT2D eigenvalue weighted by molar-refractivity contribution is 5.06. The molecule has 0 bridgehead atoms. The second kappa shape index (κ2) is 11.1. The molecule has 0 aromatic rings. The fraction of sp³-hybridized carbons (Fsp3) is 0.941. The molecule has 118 valence electrons. The molecule has 0 aromatic heterocycles. The van der Waals surface area contributed by atoms with E-state index in [9.17, 15) is 5.26 Å². The van der Waals surface area contributed by atoms with Gasteiger partial charge in [0, 0.05) is 6.04 Å². The minimum Gasteiger partial charge on any atom is -0.301 e. The van der Waals surface area contributed by atoms with Gasteiger partial charge in [0.2, 0.25) is 0 Å². The molecule has 0 saturated heterocycles. The van der Waals surface area contributed by atoms with Gasteiger partial charge >= 0.3 is 0 Å². The highest BCUT2D eigenvalue weighted by atomic mass is 15.1. The van der Waals surface area contributed by atoms with Gasteiger partial charge in [-0.3, -0.25) is 5.32 Å². The SMILES string of the molecule is CCCCCN(CCCC(C#N)(CC)NCC)C(C)C. The van der Waals surface area contributed by atoms with Crippen LogP contribution in [0.3, 0.4) is 0 Å². The Kier molecular flexibility index (Phi) is 10.8. The standard InChI is InChI=1S/C17H35N3/c1-6-9-10-13-20(16(4)5)14-11-12-17(7-2,15-18)19-8-3/h16,19H,6-14H2,1-5H3. The van der Waals surface area contributed by atoms with Crippen LogP contribution in [-0.2, 0) is 0 Å². The third kappa shape index (κ3) is 7.26. The molecule has 0 fully saturated rings. The molecule has 1 atom stereocenters. The summed E-state index contributed by atoms with van der Waals surface area (Å²) in [7, 11) is 0. The summed E-state index contributed by atoms with van der Waals surface area (Å²) >= 11 is 0. The van der Waals surface area contributed by atoms with Gasteiger partial charge in [-0.1, -0.05) is 33.6 Å². The smallest absolute Gasteiger partial charge is 0.106 e. The number of nitriles is 1. The summed E-state index contributed by atoms with van der Waals surface area (Å²) in [5.41, 5.74) is -0.319. The highest BCUT2D eigenvalue weighted by Crippen LogP contribution is 2.17. The second-order valence-corrected chi connectivity index (χ2v) is 6.02. The quantitative estimate of drug-likeness (QED) is 0.551. The van der Waals surface area contributed by atoms with E-state index >= 15 is 0 Å². The van der Waals surface area contributed by atoms with E-state index in [-0.39, 0.29) is 5.54 Å². The van der Waals surface area contributed by atoms with Gasteiger partial charge in [-0.15, -0.1) is 0 Å². The fourth-order valence-corrected chi connectivity index (χ4v) is 2.68. The molecule has 1 N–H and O–H groups in total. The lowest BCUT2D eigenvalue weighted by molar-refractivity contribution is 0.205. The zero-order valence-electron chi connectivity index (χ0n) is 14.3. The van der Waals surface area contributed by atoms with Crippen molar-refractivity contribution in [1.82, 2.24) is 10.2 Å². The minimum absolute atomic E-state index is 0.319. The van der Waals surface area contributed by atoms with E-state index in [1.807, 2.05) is 0 Å². The van der Waals surface area contributed by atoms with E-state index in [0.29, 0.717) is 6.04 Å². The van der Waals surface area contributed by atoms with Crippen LogP contribution < -0.4 is 5.32 Å². The molecule has 0 radical (unpaired) electrons. The maximum Gasteiger partial charge on any atom is 0.106 e. The van der Waals surface area contributed by atoms with E-state index in [1.54, 1.807) is 0 Å². The van der Waals surface area contributed by atoms with E-state index < -0.39 is 0 Å². The number of hydrogen-bond donors (Lipinski definition) is 1. The van der Waals surface area contributed by atoms with Crippen molar-refractivity contribution in [2.75, 3.05) is 19.6 Å².